The van der Waals surface area contributed by atoms with E-state index in [1.165, 1.54) is 0 Å². The predicted molar refractivity (Wildman–Crippen MR) is 70.4 cm³/mol. The number of amides is 1. The third kappa shape index (κ3) is 5.69. The molecule has 1 rings (SSSR count). The van der Waals surface area contributed by atoms with E-state index in [-0.39, 0.29) is 18.6 Å². The highest BCUT2D eigenvalue weighted by molar-refractivity contribution is 5.67. The molecular formula is C13H26N2O3. The van der Waals surface area contributed by atoms with Crippen molar-refractivity contribution >= 4 is 6.09 Å². The van der Waals surface area contributed by atoms with Gasteiger partial charge in [-0.3, -0.25) is 0 Å². The molecule has 0 aromatic carbocycles. The largest absolute Gasteiger partial charge is 0.444 e. The minimum atomic E-state index is -0.467. The van der Waals surface area contributed by atoms with Crippen molar-refractivity contribution in [3.8, 4) is 0 Å². The van der Waals surface area contributed by atoms with Gasteiger partial charge >= 0.3 is 6.09 Å². The Balaban J connectivity index is 2.37. The average molecular weight is 258 g/mol. The number of aliphatic hydroxyl groups excluding tert-OH is 1. The average Bonchev–Trinajstić information content (AvgIpc) is 2.48. The first kappa shape index (κ1) is 15.2. The third-order valence-corrected chi connectivity index (χ3v) is 3.19. The lowest BCUT2D eigenvalue weighted by Crippen LogP contribution is -2.37. The van der Waals surface area contributed by atoms with Crippen LogP contribution in [-0.2, 0) is 4.74 Å². The summed E-state index contributed by atoms with van der Waals surface area (Å²) in [6.07, 6.45) is 1.55. The number of alkyl carbamates (subject to hydrolysis) is 1. The molecule has 0 saturated carbocycles. The first-order valence-corrected chi connectivity index (χ1v) is 6.71. The Morgan fingerprint density at radius 3 is 2.50 bits per heavy atom. The molecule has 1 aliphatic heterocycles. The minimum Gasteiger partial charge on any atom is -0.444 e. The van der Waals surface area contributed by atoms with Crippen LogP contribution in [0.5, 0.6) is 0 Å². The Labute approximate surface area is 109 Å². The van der Waals surface area contributed by atoms with E-state index in [9.17, 15) is 9.90 Å². The van der Waals surface area contributed by atoms with Gasteiger partial charge in [0.05, 0.1) is 0 Å². The number of carbonyl (C=O) groups excluding carboxylic acids is 1. The monoisotopic (exact) mass is 258 g/mol. The smallest absolute Gasteiger partial charge is 0.407 e. The van der Waals surface area contributed by atoms with Crippen LogP contribution in [0.2, 0.25) is 0 Å². The second-order valence-electron chi connectivity index (χ2n) is 5.91. The highest BCUT2D eigenvalue weighted by Crippen LogP contribution is 2.20. The van der Waals surface area contributed by atoms with E-state index in [2.05, 4.69) is 10.6 Å². The maximum Gasteiger partial charge on any atom is 0.407 e. The second kappa shape index (κ2) is 6.95. The predicted octanol–water partition coefficient (Wildman–Crippen LogP) is 1.12. The molecular weight excluding hydrogens is 232 g/mol. The van der Waals surface area contributed by atoms with Gasteiger partial charge < -0.3 is 20.5 Å². The first-order chi connectivity index (χ1) is 8.42. The summed E-state index contributed by atoms with van der Waals surface area (Å²) in [5.74, 6) is 0.576. The molecule has 2 atom stereocenters. The summed E-state index contributed by atoms with van der Waals surface area (Å²) in [4.78, 5) is 11.6. The molecule has 1 saturated heterocycles. The number of hydrogen-bond acceptors (Lipinski definition) is 4. The summed E-state index contributed by atoms with van der Waals surface area (Å²) in [5, 5.41) is 15.5. The van der Waals surface area contributed by atoms with Crippen molar-refractivity contribution in [2.45, 2.75) is 39.2 Å². The number of aliphatic hydroxyl groups is 1. The van der Waals surface area contributed by atoms with Crippen molar-refractivity contribution in [3.63, 3.8) is 0 Å². The third-order valence-electron chi connectivity index (χ3n) is 3.19. The first-order valence-electron chi connectivity index (χ1n) is 6.71. The van der Waals surface area contributed by atoms with Crippen molar-refractivity contribution in [3.05, 3.63) is 0 Å². The molecule has 106 valence electrons. The number of hydrogen-bond donors (Lipinski definition) is 3. The van der Waals surface area contributed by atoms with Crippen molar-refractivity contribution < 1.29 is 14.6 Å². The summed E-state index contributed by atoms with van der Waals surface area (Å²) < 4.78 is 5.20. The molecule has 5 nitrogen and oxygen atoms in total. The van der Waals surface area contributed by atoms with Gasteiger partial charge in [0.25, 0.3) is 0 Å². The van der Waals surface area contributed by atoms with Gasteiger partial charge in [-0.15, -0.1) is 0 Å². The topological polar surface area (TPSA) is 70.6 Å². The van der Waals surface area contributed by atoms with E-state index in [4.69, 9.17) is 4.74 Å². The Morgan fingerprint density at radius 1 is 1.33 bits per heavy atom. The molecule has 0 spiro atoms. The molecule has 3 N–H and O–H groups in total. The van der Waals surface area contributed by atoms with Crippen LogP contribution in [0.1, 0.15) is 33.6 Å². The van der Waals surface area contributed by atoms with E-state index < -0.39 is 5.60 Å². The van der Waals surface area contributed by atoms with Gasteiger partial charge in [-0.1, -0.05) is 0 Å². The Kier molecular flexibility index (Phi) is 5.88. The maximum atomic E-state index is 11.6. The van der Waals surface area contributed by atoms with Gasteiger partial charge in [0.1, 0.15) is 5.60 Å². The zero-order chi connectivity index (χ0) is 13.6. The van der Waals surface area contributed by atoms with Crippen molar-refractivity contribution in [1.82, 2.24) is 10.6 Å². The lowest BCUT2D eigenvalue weighted by Gasteiger charge is -2.25. The number of carbonyl (C=O) groups is 1. The molecule has 0 radical (unpaired) electrons. The molecule has 0 aromatic heterocycles. The molecule has 5 heteroatoms. The molecule has 0 aromatic rings. The highest BCUT2D eigenvalue weighted by Gasteiger charge is 2.24. The summed E-state index contributed by atoms with van der Waals surface area (Å²) in [7, 11) is 0. The highest BCUT2D eigenvalue weighted by atomic mass is 16.6. The molecule has 1 heterocycles. The quantitative estimate of drug-likeness (QED) is 0.709. The van der Waals surface area contributed by atoms with Gasteiger partial charge in [0, 0.05) is 13.2 Å². The summed E-state index contributed by atoms with van der Waals surface area (Å²) in [6.45, 7) is 8.17. The second-order valence-corrected chi connectivity index (χ2v) is 5.91. The number of nitrogens with one attached hydrogen (secondary N) is 2. The van der Waals surface area contributed by atoms with E-state index in [1.54, 1.807) is 0 Å². The Hall–Kier alpha value is -0.810. The van der Waals surface area contributed by atoms with Crippen LogP contribution in [0.15, 0.2) is 0 Å². The number of rotatable bonds is 3. The summed E-state index contributed by atoms with van der Waals surface area (Å²) in [5.41, 5.74) is -0.467. The fourth-order valence-electron chi connectivity index (χ4n) is 2.21. The van der Waals surface area contributed by atoms with Crippen LogP contribution in [0.25, 0.3) is 0 Å². The summed E-state index contributed by atoms with van der Waals surface area (Å²) in [6, 6.07) is 0. The van der Waals surface area contributed by atoms with Crippen LogP contribution in [0.3, 0.4) is 0 Å². The van der Waals surface area contributed by atoms with Gasteiger partial charge in [0.15, 0.2) is 0 Å². The van der Waals surface area contributed by atoms with Crippen molar-refractivity contribution in [1.29, 1.82) is 0 Å². The zero-order valence-corrected chi connectivity index (χ0v) is 11.7. The Bertz CT molecular complexity index is 263. The fraction of sp³-hybridized carbons (Fsp3) is 0.923. The lowest BCUT2D eigenvalue weighted by molar-refractivity contribution is 0.0505. The minimum absolute atomic E-state index is 0.183. The molecule has 0 bridgehead atoms. The zero-order valence-electron chi connectivity index (χ0n) is 11.7. The van der Waals surface area contributed by atoms with Gasteiger partial charge in [0.2, 0.25) is 0 Å². The van der Waals surface area contributed by atoms with Crippen molar-refractivity contribution in [2.24, 2.45) is 11.8 Å². The van der Waals surface area contributed by atoms with Gasteiger partial charge in [-0.2, -0.15) is 0 Å². The molecule has 0 unspecified atom stereocenters. The van der Waals surface area contributed by atoms with E-state index >= 15 is 0 Å². The van der Waals surface area contributed by atoms with Gasteiger partial charge in [-0.25, -0.2) is 4.79 Å². The van der Waals surface area contributed by atoms with Crippen LogP contribution < -0.4 is 10.6 Å². The van der Waals surface area contributed by atoms with E-state index in [0.29, 0.717) is 12.5 Å². The fourth-order valence-corrected chi connectivity index (χ4v) is 2.21. The van der Waals surface area contributed by atoms with Crippen LogP contribution in [0.4, 0.5) is 4.79 Å². The summed E-state index contributed by atoms with van der Waals surface area (Å²) >= 11 is 0. The standard InChI is InChI=1S/C13H26N2O3/c1-13(2,3)18-12(17)15-8-10-4-6-14-7-5-11(10)9-16/h10-11,14,16H,4-9H2,1-3H3,(H,15,17)/t10-,11+/m0/s1. The SMILES string of the molecule is CC(C)(C)OC(=O)NC[C@@H]1CCNCC[C@@H]1CO. The van der Waals surface area contributed by atoms with Crippen LogP contribution >= 0.6 is 0 Å². The number of ether oxygens (including phenoxy) is 1. The van der Waals surface area contributed by atoms with Crippen LogP contribution in [-0.4, -0.2) is 43.0 Å². The van der Waals surface area contributed by atoms with E-state index in [1.807, 2.05) is 20.8 Å². The maximum absolute atomic E-state index is 11.6. The molecule has 1 fully saturated rings. The Morgan fingerprint density at radius 2 is 1.94 bits per heavy atom. The van der Waals surface area contributed by atoms with E-state index in [0.717, 1.165) is 25.9 Å². The van der Waals surface area contributed by atoms with Crippen molar-refractivity contribution in [2.75, 3.05) is 26.2 Å². The molecule has 18 heavy (non-hydrogen) atoms. The molecule has 0 aliphatic carbocycles. The lowest BCUT2D eigenvalue weighted by atomic mass is 9.88. The van der Waals surface area contributed by atoms with Crippen LogP contribution in [0, 0.1) is 11.8 Å². The molecule has 1 amide bonds. The molecule has 1 aliphatic rings. The normalized spacial score (nSPS) is 25.3. The van der Waals surface area contributed by atoms with Gasteiger partial charge in [-0.05, 0) is 58.5 Å².